The molecule has 5 nitrogen and oxygen atoms in total. The first kappa shape index (κ1) is 14.2. The molecule has 6 heteroatoms. The summed E-state index contributed by atoms with van der Waals surface area (Å²) in [6, 6.07) is 9.72. The Labute approximate surface area is 117 Å². The Morgan fingerprint density at radius 3 is 2.50 bits per heavy atom. The molecule has 0 saturated carbocycles. The summed E-state index contributed by atoms with van der Waals surface area (Å²) in [7, 11) is -1.96. The molecule has 2 rings (SSSR count). The average Bonchev–Trinajstić information content (AvgIpc) is 2.46. The predicted molar refractivity (Wildman–Crippen MR) is 74.1 cm³/mol. The lowest BCUT2D eigenvalue weighted by molar-refractivity contribution is 0.0600. The van der Waals surface area contributed by atoms with Crippen LogP contribution < -0.4 is 0 Å². The van der Waals surface area contributed by atoms with Crippen LogP contribution in [-0.2, 0) is 14.6 Å². The lowest BCUT2D eigenvalue weighted by atomic mass is 10.1. The van der Waals surface area contributed by atoms with Crippen molar-refractivity contribution in [3.63, 3.8) is 0 Å². The summed E-state index contributed by atoms with van der Waals surface area (Å²) in [4.78, 5) is 15.7. The zero-order valence-corrected chi connectivity index (χ0v) is 11.8. The fourth-order valence-corrected chi connectivity index (χ4v) is 2.36. The van der Waals surface area contributed by atoms with Gasteiger partial charge >= 0.3 is 5.97 Å². The number of hydrogen-bond acceptors (Lipinski definition) is 5. The fraction of sp³-hybridized carbons (Fsp3) is 0.143. The summed E-state index contributed by atoms with van der Waals surface area (Å²) in [6.45, 7) is 0. The van der Waals surface area contributed by atoms with Crippen LogP contribution in [0.25, 0.3) is 11.3 Å². The molecule has 20 heavy (non-hydrogen) atoms. The minimum Gasteiger partial charge on any atom is -0.465 e. The first-order chi connectivity index (χ1) is 9.41. The average molecular weight is 291 g/mol. The quantitative estimate of drug-likeness (QED) is 0.808. The highest BCUT2D eigenvalue weighted by atomic mass is 32.2. The normalized spacial score (nSPS) is 11.1. The van der Waals surface area contributed by atoms with Crippen LogP contribution in [0.2, 0.25) is 0 Å². The molecule has 0 N–H and O–H groups in total. The van der Waals surface area contributed by atoms with Gasteiger partial charge in [0, 0.05) is 18.0 Å². The molecular weight excluding hydrogens is 278 g/mol. The number of sulfone groups is 1. The van der Waals surface area contributed by atoms with E-state index in [1.54, 1.807) is 30.3 Å². The highest BCUT2D eigenvalue weighted by Crippen LogP contribution is 2.21. The third kappa shape index (κ3) is 3.03. The first-order valence-corrected chi connectivity index (χ1v) is 7.66. The van der Waals surface area contributed by atoms with Crippen LogP contribution in [0, 0.1) is 0 Å². The number of esters is 1. The Morgan fingerprint density at radius 2 is 1.95 bits per heavy atom. The van der Waals surface area contributed by atoms with Gasteiger partial charge in [0.1, 0.15) is 0 Å². The van der Waals surface area contributed by atoms with E-state index in [0.717, 1.165) is 6.26 Å². The Hall–Kier alpha value is -2.21. The summed E-state index contributed by atoms with van der Waals surface area (Å²) in [5.41, 5.74) is 1.60. The summed E-state index contributed by atoms with van der Waals surface area (Å²) in [5, 5.41) is 0. The number of methoxy groups -OCH3 is 1. The van der Waals surface area contributed by atoms with Crippen molar-refractivity contribution in [2.24, 2.45) is 0 Å². The van der Waals surface area contributed by atoms with Crippen molar-refractivity contribution >= 4 is 15.8 Å². The lowest BCUT2D eigenvalue weighted by Gasteiger charge is -2.04. The van der Waals surface area contributed by atoms with Crippen molar-refractivity contribution in [1.82, 2.24) is 4.98 Å². The van der Waals surface area contributed by atoms with Gasteiger partial charge in [-0.05, 0) is 24.3 Å². The van der Waals surface area contributed by atoms with Crippen LogP contribution in [0.4, 0.5) is 0 Å². The van der Waals surface area contributed by atoms with E-state index < -0.39 is 15.8 Å². The van der Waals surface area contributed by atoms with Gasteiger partial charge in [-0.1, -0.05) is 12.1 Å². The number of carbonyl (C=O) groups excluding carboxylic acids is 1. The Kier molecular flexibility index (Phi) is 3.85. The summed E-state index contributed by atoms with van der Waals surface area (Å²) < 4.78 is 27.6. The lowest BCUT2D eigenvalue weighted by Crippen LogP contribution is -2.02. The van der Waals surface area contributed by atoms with E-state index in [2.05, 4.69) is 9.72 Å². The zero-order valence-electron chi connectivity index (χ0n) is 11.0. The molecule has 104 valence electrons. The number of carbonyl (C=O) groups is 1. The molecule has 0 saturated heterocycles. The van der Waals surface area contributed by atoms with E-state index in [1.807, 2.05) is 0 Å². The number of pyridine rings is 1. The number of aromatic nitrogens is 1. The highest BCUT2D eigenvalue weighted by molar-refractivity contribution is 7.90. The maximum atomic E-state index is 11.5. The topological polar surface area (TPSA) is 73.3 Å². The van der Waals surface area contributed by atoms with Crippen molar-refractivity contribution in [3.8, 4) is 11.3 Å². The minimum atomic E-state index is -3.26. The highest BCUT2D eigenvalue weighted by Gasteiger charge is 2.10. The van der Waals surface area contributed by atoms with E-state index in [-0.39, 0.29) is 4.90 Å². The van der Waals surface area contributed by atoms with E-state index in [1.165, 1.54) is 19.4 Å². The van der Waals surface area contributed by atoms with Gasteiger partial charge in [0.2, 0.25) is 0 Å². The molecule has 2 aromatic rings. The molecule has 0 radical (unpaired) electrons. The molecule has 0 amide bonds. The van der Waals surface area contributed by atoms with Gasteiger partial charge in [-0.25, -0.2) is 13.2 Å². The minimum absolute atomic E-state index is 0.230. The Balaban J connectivity index is 2.40. The summed E-state index contributed by atoms with van der Waals surface area (Å²) in [6.07, 6.45) is 2.55. The second-order valence-electron chi connectivity index (χ2n) is 4.22. The number of benzene rings is 1. The largest absolute Gasteiger partial charge is 0.465 e. The number of nitrogens with zero attached hydrogens (tertiary/aromatic N) is 1. The molecule has 0 bridgehead atoms. The molecule has 0 aliphatic rings. The SMILES string of the molecule is COC(=O)c1ccc(-c2cccc(S(C)(=O)=O)c2)nc1. The molecule has 0 fully saturated rings. The van der Waals surface area contributed by atoms with Crippen LogP contribution in [0.1, 0.15) is 10.4 Å². The number of hydrogen-bond donors (Lipinski definition) is 0. The van der Waals surface area contributed by atoms with E-state index in [9.17, 15) is 13.2 Å². The third-order valence-corrected chi connectivity index (χ3v) is 3.85. The van der Waals surface area contributed by atoms with Crippen molar-refractivity contribution in [1.29, 1.82) is 0 Å². The molecule has 0 aliphatic carbocycles. The van der Waals surface area contributed by atoms with Gasteiger partial charge in [-0.15, -0.1) is 0 Å². The van der Waals surface area contributed by atoms with Crippen molar-refractivity contribution in [2.45, 2.75) is 4.90 Å². The van der Waals surface area contributed by atoms with E-state index in [0.29, 0.717) is 16.8 Å². The third-order valence-electron chi connectivity index (χ3n) is 2.74. The molecule has 1 heterocycles. The standard InChI is InChI=1S/C14H13NO4S/c1-19-14(16)11-6-7-13(15-9-11)10-4-3-5-12(8-10)20(2,17)18/h3-9H,1-2H3. The van der Waals surface area contributed by atoms with Crippen LogP contribution in [0.3, 0.4) is 0 Å². The monoisotopic (exact) mass is 291 g/mol. The van der Waals surface area contributed by atoms with Gasteiger partial charge in [-0.2, -0.15) is 0 Å². The molecule has 0 unspecified atom stereocenters. The fourth-order valence-electron chi connectivity index (χ4n) is 1.69. The summed E-state index contributed by atoms with van der Waals surface area (Å²) >= 11 is 0. The van der Waals surface area contributed by atoms with Gasteiger partial charge < -0.3 is 4.74 Å². The maximum absolute atomic E-state index is 11.5. The first-order valence-electron chi connectivity index (χ1n) is 5.76. The summed E-state index contributed by atoms with van der Waals surface area (Å²) in [5.74, 6) is -0.464. The predicted octanol–water partition coefficient (Wildman–Crippen LogP) is 1.94. The Morgan fingerprint density at radius 1 is 1.20 bits per heavy atom. The van der Waals surface area contributed by atoms with Crippen molar-refractivity contribution < 1.29 is 17.9 Å². The van der Waals surface area contributed by atoms with Crippen LogP contribution in [-0.4, -0.2) is 32.7 Å². The molecule has 1 aromatic heterocycles. The van der Waals surface area contributed by atoms with E-state index in [4.69, 9.17) is 0 Å². The van der Waals surface area contributed by atoms with Gasteiger partial charge in [-0.3, -0.25) is 4.98 Å². The second-order valence-corrected chi connectivity index (χ2v) is 6.24. The smallest absolute Gasteiger partial charge is 0.339 e. The van der Waals surface area contributed by atoms with Crippen LogP contribution in [0.5, 0.6) is 0 Å². The number of rotatable bonds is 3. The van der Waals surface area contributed by atoms with Crippen molar-refractivity contribution in [3.05, 3.63) is 48.2 Å². The zero-order chi connectivity index (χ0) is 14.8. The number of ether oxygens (including phenoxy) is 1. The molecule has 0 aliphatic heterocycles. The maximum Gasteiger partial charge on any atom is 0.339 e. The Bertz CT molecular complexity index is 736. The van der Waals surface area contributed by atoms with Gasteiger partial charge in [0.25, 0.3) is 0 Å². The molecule has 0 atom stereocenters. The second kappa shape index (κ2) is 5.42. The van der Waals surface area contributed by atoms with Crippen LogP contribution in [0.15, 0.2) is 47.5 Å². The van der Waals surface area contributed by atoms with Crippen LogP contribution >= 0.6 is 0 Å². The molecular formula is C14H13NO4S. The molecule has 0 spiro atoms. The van der Waals surface area contributed by atoms with Gasteiger partial charge in [0.05, 0.1) is 23.3 Å². The van der Waals surface area contributed by atoms with Gasteiger partial charge in [0.15, 0.2) is 9.84 Å². The molecule has 1 aromatic carbocycles. The van der Waals surface area contributed by atoms with E-state index >= 15 is 0 Å². The van der Waals surface area contributed by atoms with Crippen molar-refractivity contribution in [2.75, 3.05) is 13.4 Å².